The summed E-state index contributed by atoms with van der Waals surface area (Å²) >= 11 is 0. The van der Waals surface area contributed by atoms with Crippen molar-refractivity contribution in [3.63, 3.8) is 0 Å². The van der Waals surface area contributed by atoms with E-state index in [0.717, 1.165) is 0 Å². The zero-order chi connectivity index (χ0) is 21.0. The summed E-state index contributed by atoms with van der Waals surface area (Å²) in [5.41, 5.74) is -16.9. The van der Waals surface area contributed by atoms with Gasteiger partial charge < -0.3 is 13.7 Å². The SMILES string of the molecule is O=S(=O)([O-])C(F)(F)F.O=S(=O)([O-])C(F)(F)F.O=S(=O)([O-])C(F)(F)F.[Ga+3].[In+3].[Sc+3]. The summed E-state index contributed by atoms with van der Waals surface area (Å²) in [6.45, 7) is 0. The van der Waals surface area contributed by atoms with Crippen molar-refractivity contribution >= 4 is 76.0 Å². The van der Waals surface area contributed by atoms with Crippen molar-refractivity contribution in [3.05, 3.63) is 0 Å². The van der Waals surface area contributed by atoms with Crippen LogP contribution in [0.4, 0.5) is 39.5 Å². The number of halogens is 9. The molecule has 0 aromatic carbocycles. The average Bonchev–Trinajstić information content (AvgIpc) is 2.08. The predicted octanol–water partition coefficient (Wildman–Crippen LogP) is -0.610. The largest absolute Gasteiger partial charge is 3.00 e. The molecular weight excluding hydrogens is 677 g/mol. The first-order valence-corrected chi connectivity index (χ1v) is 8.04. The molecule has 0 atom stereocenters. The second-order valence-electron chi connectivity index (χ2n) is 2.70. The standard InChI is InChI=1S/3CHF3O3S.Ga.In.Sc/c3*2-1(3,4)8(5,6)7;;;/h3*(H,5,6,7);;;/q;;;3*+3/p-3. The maximum Gasteiger partial charge on any atom is 3.00 e. The minimum atomic E-state index is -6.09. The molecule has 0 saturated carbocycles. The Balaban J connectivity index is -0.0000000580. The van der Waals surface area contributed by atoms with Crippen LogP contribution in [0, 0.1) is 0 Å². The van der Waals surface area contributed by atoms with Crippen molar-refractivity contribution in [2.24, 2.45) is 0 Å². The van der Waals surface area contributed by atoms with Gasteiger partial charge in [0.15, 0.2) is 30.4 Å². The first-order valence-electron chi connectivity index (χ1n) is 3.81. The molecule has 0 radical (unpaired) electrons. The molecule has 0 amide bonds. The van der Waals surface area contributed by atoms with Crippen LogP contribution < -0.4 is 0 Å². The molecule has 0 N–H and O–H groups in total. The molecule has 24 heteroatoms. The van der Waals surface area contributed by atoms with Gasteiger partial charge in [-0.15, -0.1) is 0 Å². The zero-order valence-electron chi connectivity index (χ0n) is 11.5. The number of rotatable bonds is 0. The Bertz CT molecular complexity index is 609. The minimum Gasteiger partial charge on any atom is -0.741 e. The quantitative estimate of drug-likeness (QED) is 0.141. The summed E-state index contributed by atoms with van der Waals surface area (Å²) < 4.78 is 177. The van der Waals surface area contributed by atoms with Gasteiger partial charge in [-0.3, -0.25) is 0 Å². The van der Waals surface area contributed by atoms with Gasteiger partial charge >= 0.3 is 88.0 Å². The van der Waals surface area contributed by atoms with E-state index < -0.39 is 46.9 Å². The molecule has 0 aliphatic carbocycles. The molecule has 0 bridgehead atoms. The van der Waals surface area contributed by atoms with Crippen LogP contribution in [-0.2, 0) is 56.2 Å². The number of alkyl halides is 9. The molecule has 0 heterocycles. The van der Waals surface area contributed by atoms with Crippen LogP contribution in [0.2, 0.25) is 0 Å². The minimum absolute atomic E-state index is 0. The second-order valence-corrected chi connectivity index (χ2v) is 6.81. The van der Waals surface area contributed by atoms with E-state index in [2.05, 4.69) is 0 Å². The molecule has 0 aliphatic heterocycles. The molecule has 0 fully saturated rings. The van der Waals surface area contributed by atoms with E-state index in [-0.39, 0.29) is 71.5 Å². The van der Waals surface area contributed by atoms with Crippen LogP contribution in [0.3, 0.4) is 0 Å². The molecule has 0 rings (SSSR count). The number of hydrogen-bond donors (Lipinski definition) is 0. The summed E-state index contributed by atoms with van der Waals surface area (Å²) in [7, 11) is -18.3. The van der Waals surface area contributed by atoms with Crippen LogP contribution in [-0.4, -0.2) is 101 Å². The van der Waals surface area contributed by atoms with Crippen molar-refractivity contribution in [1.82, 2.24) is 0 Å². The molecule has 0 unspecified atom stereocenters. The molecule has 9 nitrogen and oxygen atoms in total. The predicted molar refractivity (Wildman–Crippen MR) is 58.8 cm³/mol. The summed E-state index contributed by atoms with van der Waals surface area (Å²) in [6, 6.07) is 0. The van der Waals surface area contributed by atoms with E-state index in [0.29, 0.717) is 0 Å². The summed E-state index contributed by atoms with van der Waals surface area (Å²) in [5.74, 6) is 0. The van der Waals surface area contributed by atoms with E-state index in [1.807, 2.05) is 0 Å². The van der Waals surface area contributed by atoms with Gasteiger partial charge in [-0.25, -0.2) is 25.3 Å². The first-order chi connectivity index (χ1) is 9.75. The summed E-state index contributed by atoms with van der Waals surface area (Å²) in [5, 5.41) is 0. The van der Waals surface area contributed by atoms with Gasteiger partial charge in [0, 0.05) is 0 Å². The molecular formula is C3F9GaInO9S3Sc+6. The molecule has 27 heavy (non-hydrogen) atoms. The topological polar surface area (TPSA) is 172 Å². The molecule has 0 aliphatic rings. The van der Waals surface area contributed by atoms with Crippen molar-refractivity contribution in [2.75, 3.05) is 0 Å². The Labute approximate surface area is 195 Å². The molecule has 0 aromatic rings. The van der Waals surface area contributed by atoms with Gasteiger partial charge in [-0.2, -0.15) is 39.5 Å². The Morgan fingerprint density at radius 3 is 0.519 bits per heavy atom. The smallest absolute Gasteiger partial charge is 0.741 e. The molecule has 150 valence electrons. The van der Waals surface area contributed by atoms with Crippen LogP contribution >= 0.6 is 0 Å². The van der Waals surface area contributed by atoms with Gasteiger partial charge in [0.2, 0.25) is 0 Å². The third-order valence-corrected chi connectivity index (χ3v) is 2.55. The van der Waals surface area contributed by atoms with Crippen molar-refractivity contribution in [3.8, 4) is 0 Å². The van der Waals surface area contributed by atoms with Crippen molar-refractivity contribution < 1.29 is 104 Å². The fraction of sp³-hybridized carbons (Fsp3) is 1.00. The average molecular weight is 677 g/mol. The second kappa shape index (κ2) is 13.7. The maximum atomic E-state index is 10.7. The van der Waals surface area contributed by atoms with E-state index in [9.17, 15) is 39.5 Å². The van der Waals surface area contributed by atoms with E-state index >= 15 is 0 Å². The summed E-state index contributed by atoms with van der Waals surface area (Å²) in [6.07, 6.45) is 0. The van der Waals surface area contributed by atoms with Crippen LogP contribution in [0.15, 0.2) is 0 Å². The summed E-state index contributed by atoms with van der Waals surface area (Å²) in [4.78, 5) is 0. The van der Waals surface area contributed by atoms with Crippen LogP contribution in [0.25, 0.3) is 0 Å². The Morgan fingerprint density at radius 1 is 0.481 bits per heavy atom. The maximum absolute atomic E-state index is 10.7. The third kappa shape index (κ3) is 22.0. The first kappa shape index (κ1) is 42.6. The molecule has 0 aromatic heterocycles. The molecule has 0 saturated heterocycles. The third-order valence-electron chi connectivity index (χ3n) is 0.850. The fourth-order valence-electron chi connectivity index (χ4n) is 0. The van der Waals surface area contributed by atoms with Gasteiger partial charge in [0.25, 0.3) is 0 Å². The van der Waals surface area contributed by atoms with Crippen LogP contribution in [0.1, 0.15) is 0 Å². The van der Waals surface area contributed by atoms with Crippen LogP contribution in [0.5, 0.6) is 0 Å². The Morgan fingerprint density at radius 2 is 0.519 bits per heavy atom. The fourth-order valence-corrected chi connectivity index (χ4v) is 0. The zero-order valence-corrected chi connectivity index (χ0v) is 21.5. The normalized spacial score (nSPS) is 12.4. The van der Waals surface area contributed by atoms with Gasteiger partial charge in [-0.1, -0.05) is 0 Å². The Kier molecular flexibility index (Phi) is 21.6. The van der Waals surface area contributed by atoms with E-state index in [1.165, 1.54) is 0 Å². The van der Waals surface area contributed by atoms with Gasteiger partial charge in [-0.05, 0) is 0 Å². The van der Waals surface area contributed by atoms with Gasteiger partial charge in [0.05, 0.1) is 0 Å². The Hall–Kier alpha value is 1.48. The number of hydrogen-bond acceptors (Lipinski definition) is 9. The van der Waals surface area contributed by atoms with E-state index in [4.69, 9.17) is 38.9 Å². The van der Waals surface area contributed by atoms with Crippen molar-refractivity contribution in [2.45, 2.75) is 16.5 Å². The van der Waals surface area contributed by atoms with Crippen molar-refractivity contribution in [1.29, 1.82) is 0 Å². The van der Waals surface area contributed by atoms with Gasteiger partial charge in [0.1, 0.15) is 0 Å². The monoisotopic (exact) mass is 676 g/mol. The molecule has 0 spiro atoms. The van der Waals surface area contributed by atoms with E-state index in [1.54, 1.807) is 0 Å².